The molecule has 2 heteroatoms. The number of terminal acetylenes is 1. The second-order valence-electron chi connectivity index (χ2n) is 8.94. The van der Waals surface area contributed by atoms with E-state index in [-0.39, 0.29) is 12.2 Å². The van der Waals surface area contributed by atoms with E-state index < -0.39 is 5.79 Å². The van der Waals surface area contributed by atoms with Crippen LogP contribution in [0.4, 0.5) is 0 Å². The molecule has 3 aliphatic carbocycles. The molecule has 4 rings (SSSR count). The molecule has 3 saturated carbocycles. The van der Waals surface area contributed by atoms with Crippen LogP contribution in [0.1, 0.15) is 70.6 Å². The minimum absolute atomic E-state index is 0.128. The van der Waals surface area contributed by atoms with Crippen molar-refractivity contribution in [2.75, 3.05) is 0 Å². The van der Waals surface area contributed by atoms with Crippen LogP contribution in [0.15, 0.2) is 24.8 Å². The number of rotatable bonds is 4. The smallest absolute Gasteiger partial charge is 0.171 e. The molecule has 4 fully saturated rings. The normalized spacial score (nSPS) is 38.4. The molecule has 0 aromatic rings. The van der Waals surface area contributed by atoms with Gasteiger partial charge in [0.2, 0.25) is 0 Å². The van der Waals surface area contributed by atoms with E-state index in [4.69, 9.17) is 15.9 Å². The third kappa shape index (κ3) is 3.00. The molecule has 1 saturated heterocycles. The van der Waals surface area contributed by atoms with Crippen molar-refractivity contribution >= 4 is 0 Å². The highest BCUT2D eigenvalue weighted by atomic mass is 16.8. The van der Waals surface area contributed by atoms with Gasteiger partial charge < -0.3 is 9.47 Å². The SMILES string of the molecule is C#C[C@H]1OC2(CCCC2)O[C@@H]1C(=C)[C@@H]1CC2(CCCC2)C[C@H]1CC=C. The number of allylic oxidation sites excluding steroid dienone is 1. The highest BCUT2D eigenvalue weighted by Gasteiger charge is 2.53. The van der Waals surface area contributed by atoms with Crippen molar-refractivity contribution in [1.82, 2.24) is 0 Å². The summed E-state index contributed by atoms with van der Waals surface area (Å²) >= 11 is 0. The monoisotopic (exact) mass is 340 g/mol. The first-order valence-corrected chi connectivity index (χ1v) is 10.2. The van der Waals surface area contributed by atoms with Gasteiger partial charge in [0.25, 0.3) is 0 Å². The minimum Gasteiger partial charge on any atom is -0.339 e. The molecule has 0 N–H and O–H groups in total. The third-order valence-corrected chi connectivity index (χ3v) is 7.38. The molecule has 1 heterocycles. The Labute approximate surface area is 153 Å². The lowest BCUT2D eigenvalue weighted by molar-refractivity contribution is -0.163. The van der Waals surface area contributed by atoms with E-state index in [1.807, 2.05) is 0 Å². The maximum Gasteiger partial charge on any atom is 0.171 e. The molecule has 1 aliphatic heterocycles. The average molecular weight is 341 g/mol. The van der Waals surface area contributed by atoms with Crippen LogP contribution in [-0.2, 0) is 9.47 Å². The predicted octanol–water partition coefficient (Wildman–Crippen LogP) is 5.39. The van der Waals surface area contributed by atoms with Crippen molar-refractivity contribution in [3.8, 4) is 12.3 Å². The van der Waals surface area contributed by atoms with Crippen LogP contribution >= 0.6 is 0 Å². The first-order valence-electron chi connectivity index (χ1n) is 10.2. The minimum atomic E-state index is -0.428. The molecular weight excluding hydrogens is 308 g/mol. The van der Waals surface area contributed by atoms with Gasteiger partial charge in [-0.1, -0.05) is 31.4 Å². The lowest BCUT2D eigenvalue weighted by atomic mass is 9.81. The zero-order chi connectivity index (χ0) is 17.5. The van der Waals surface area contributed by atoms with Gasteiger partial charge in [0, 0.05) is 12.8 Å². The van der Waals surface area contributed by atoms with E-state index in [1.54, 1.807) is 0 Å². The van der Waals surface area contributed by atoms with Crippen molar-refractivity contribution in [2.24, 2.45) is 17.3 Å². The average Bonchev–Trinajstić information content (AvgIpc) is 3.38. The van der Waals surface area contributed by atoms with E-state index in [1.165, 1.54) is 56.9 Å². The topological polar surface area (TPSA) is 18.5 Å². The fourth-order valence-corrected chi connectivity index (χ4v) is 6.21. The molecule has 4 atom stereocenters. The van der Waals surface area contributed by atoms with Gasteiger partial charge in [0.1, 0.15) is 6.10 Å². The zero-order valence-electron chi connectivity index (χ0n) is 15.5. The molecule has 2 spiro atoms. The summed E-state index contributed by atoms with van der Waals surface area (Å²) in [5, 5.41) is 0. The summed E-state index contributed by atoms with van der Waals surface area (Å²) in [5.74, 6) is 3.56. The van der Waals surface area contributed by atoms with Gasteiger partial charge in [0.15, 0.2) is 11.9 Å². The molecule has 0 aromatic carbocycles. The van der Waals surface area contributed by atoms with Crippen molar-refractivity contribution in [3.63, 3.8) is 0 Å². The summed E-state index contributed by atoms with van der Waals surface area (Å²) in [6.45, 7) is 8.53. The van der Waals surface area contributed by atoms with Crippen LogP contribution in [0.5, 0.6) is 0 Å². The van der Waals surface area contributed by atoms with Crippen LogP contribution in [0.25, 0.3) is 0 Å². The summed E-state index contributed by atoms with van der Waals surface area (Å²) in [6, 6.07) is 0. The van der Waals surface area contributed by atoms with E-state index in [2.05, 4.69) is 25.2 Å². The van der Waals surface area contributed by atoms with Gasteiger partial charge in [-0.3, -0.25) is 0 Å². The van der Waals surface area contributed by atoms with Crippen molar-refractivity contribution in [3.05, 3.63) is 24.8 Å². The fraction of sp³-hybridized carbons (Fsp3) is 0.739. The first-order chi connectivity index (χ1) is 12.1. The Balaban J connectivity index is 1.54. The summed E-state index contributed by atoms with van der Waals surface area (Å²) in [6.07, 6.45) is 21.0. The maximum absolute atomic E-state index is 6.48. The second kappa shape index (κ2) is 6.60. The Bertz CT molecular complexity index is 571. The Hall–Kier alpha value is -1.04. The molecule has 0 aromatic heterocycles. The van der Waals surface area contributed by atoms with Crippen LogP contribution in [-0.4, -0.2) is 18.0 Å². The third-order valence-electron chi connectivity index (χ3n) is 7.38. The summed E-state index contributed by atoms with van der Waals surface area (Å²) in [7, 11) is 0. The van der Waals surface area contributed by atoms with Crippen molar-refractivity contribution in [2.45, 2.75) is 88.6 Å². The molecule has 4 aliphatic rings. The Kier molecular flexibility index (Phi) is 4.59. The second-order valence-corrected chi connectivity index (χ2v) is 8.94. The molecular formula is C23H32O2. The van der Waals surface area contributed by atoms with Crippen molar-refractivity contribution < 1.29 is 9.47 Å². The zero-order valence-corrected chi connectivity index (χ0v) is 15.5. The molecule has 136 valence electrons. The largest absolute Gasteiger partial charge is 0.339 e. The van der Waals surface area contributed by atoms with Gasteiger partial charge in [-0.25, -0.2) is 0 Å². The van der Waals surface area contributed by atoms with Crippen LogP contribution in [0, 0.1) is 29.6 Å². The van der Waals surface area contributed by atoms with E-state index >= 15 is 0 Å². The van der Waals surface area contributed by atoms with Gasteiger partial charge in [-0.15, -0.1) is 13.0 Å². The Morgan fingerprint density at radius 2 is 1.76 bits per heavy atom. The van der Waals surface area contributed by atoms with Gasteiger partial charge in [-0.05, 0) is 67.8 Å². The first kappa shape index (κ1) is 17.4. The van der Waals surface area contributed by atoms with E-state index in [0.717, 1.165) is 19.3 Å². The molecule has 0 bridgehead atoms. The number of hydrogen-bond donors (Lipinski definition) is 0. The number of hydrogen-bond acceptors (Lipinski definition) is 2. The predicted molar refractivity (Wildman–Crippen MR) is 101 cm³/mol. The van der Waals surface area contributed by atoms with Gasteiger partial charge in [0.05, 0.1) is 0 Å². The lowest BCUT2D eigenvalue weighted by Crippen LogP contribution is -2.29. The van der Waals surface area contributed by atoms with Crippen molar-refractivity contribution in [1.29, 1.82) is 0 Å². The van der Waals surface area contributed by atoms with Crippen LogP contribution in [0.2, 0.25) is 0 Å². The summed E-state index contributed by atoms with van der Waals surface area (Å²) < 4.78 is 12.7. The van der Waals surface area contributed by atoms with Crippen LogP contribution < -0.4 is 0 Å². The van der Waals surface area contributed by atoms with Gasteiger partial charge in [-0.2, -0.15) is 0 Å². The standard InChI is InChI=1S/C23H32O2/c1-4-10-18-15-22(11-6-7-12-22)16-19(18)17(3)21-20(5-2)24-23(25-21)13-8-9-14-23/h2,4,18-21H,1,3,6-16H2/t18-,19+,20-,21-/m1/s1. The molecule has 2 nitrogen and oxygen atoms in total. The molecule has 0 amide bonds. The summed E-state index contributed by atoms with van der Waals surface area (Å²) in [5.41, 5.74) is 1.74. The molecule has 25 heavy (non-hydrogen) atoms. The Morgan fingerprint density at radius 3 is 2.40 bits per heavy atom. The highest BCUT2D eigenvalue weighted by Crippen LogP contribution is 2.58. The van der Waals surface area contributed by atoms with E-state index in [9.17, 15) is 0 Å². The highest BCUT2D eigenvalue weighted by molar-refractivity contribution is 5.23. The van der Waals surface area contributed by atoms with Gasteiger partial charge >= 0.3 is 0 Å². The Morgan fingerprint density at radius 1 is 1.08 bits per heavy atom. The van der Waals surface area contributed by atoms with E-state index in [0.29, 0.717) is 17.3 Å². The number of ether oxygens (including phenoxy) is 2. The molecule has 0 radical (unpaired) electrons. The molecule has 0 unspecified atom stereocenters. The lowest BCUT2D eigenvalue weighted by Gasteiger charge is -2.27. The fourth-order valence-electron chi connectivity index (χ4n) is 6.21. The van der Waals surface area contributed by atoms with Crippen LogP contribution in [0.3, 0.4) is 0 Å². The summed E-state index contributed by atoms with van der Waals surface area (Å²) in [4.78, 5) is 0. The quantitative estimate of drug-likeness (QED) is 0.504. The maximum atomic E-state index is 6.48.